The Morgan fingerprint density at radius 2 is 2.00 bits per heavy atom. The Balaban J connectivity index is 2.28. The third kappa shape index (κ3) is 5.81. The minimum atomic E-state index is -0.136. The maximum atomic E-state index is 11.6. The van der Waals surface area contributed by atoms with Gasteiger partial charge in [0.25, 0.3) is 0 Å². The summed E-state index contributed by atoms with van der Waals surface area (Å²) in [5.41, 5.74) is 1.38. The summed E-state index contributed by atoms with van der Waals surface area (Å²) < 4.78 is 0. The molecule has 0 saturated heterocycles. The number of carbonyl (C=O) groups is 2. The molecule has 1 heterocycles. The number of carbonyl (C=O) groups excluding carboxylic acids is 2. The highest BCUT2D eigenvalue weighted by Gasteiger charge is 2.05. The molecule has 0 aliphatic rings. The minimum absolute atomic E-state index is 0.126. The summed E-state index contributed by atoms with van der Waals surface area (Å²) in [7, 11) is 0. The van der Waals surface area contributed by atoms with Crippen molar-refractivity contribution in [3.63, 3.8) is 0 Å². The Kier molecular flexibility index (Phi) is 6.29. The van der Waals surface area contributed by atoms with E-state index in [1.165, 1.54) is 0 Å². The summed E-state index contributed by atoms with van der Waals surface area (Å²) >= 11 is 0. The number of nitrogens with zero attached hydrogens (tertiary/aromatic N) is 1. The quantitative estimate of drug-likeness (QED) is 0.768. The summed E-state index contributed by atoms with van der Waals surface area (Å²) in [4.78, 5) is 27.0. The van der Waals surface area contributed by atoms with Gasteiger partial charge in [0.05, 0.1) is 0 Å². The topological polar surface area (TPSA) is 71.1 Å². The van der Waals surface area contributed by atoms with Gasteiger partial charge in [0.1, 0.15) is 0 Å². The van der Waals surface area contributed by atoms with E-state index in [0.717, 1.165) is 6.42 Å². The van der Waals surface area contributed by atoms with Crippen LogP contribution < -0.4 is 10.6 Å². The van der Waals surface area contributed by atoms with Crippen molar-refractivity contribution in [1.29, 1.82) is 0 Å². The summed E-state index contributed by atoms with van der Waals surface area (Å²) in [5.74, 6) is -0.262. The second-order valence-corrected chi connectivity index (χ2v) is 4.09. The van der Waals surface area contributed by atoms with Crippen LogP contribution in [0.3, 0.4) is 0 Å². The van der Waals surface area contributed by atoms with Gasteiger partial charge in [0.15, 0.2) is 0 Å². The van der Waals surface area contributed by atoms with E-state index >= 15 is 0 Å². The zero-order chi connectivity index (χ0) is 14.1. The first-order valence-electron chi connectivity index (χ1n) is 6.28. The Hall–Kier alpha value is -2.17. The number of hydrogen-bond donors (Lipinski definition) is 2. The third-order valence-electron chi connectivity index (χ3n) is 2.47. The Bertz CT molecular complexity index is 455. The number of allylic oxidation sites excluding steroid dienone is 1. The van der Waals surface area contributed by atoms with Gasteiger partial charge < -0.3 is 10.6 Å². The van der Waals surface area contributed by atoms with E-state index in [9.17, 15) is 9.59 Å². The van der Waals surface area contributed by atoms with Crippen molar-refractivity contribution in [1.82, 2.24) is 10.3 Å². The molecule has 0 unspecified atom stereocenters. The zero-order valence-electron chi connectivity index (χ0n) is 11.3. The summed E-state index contributed by atoms with van der Waals surface area (Å²) in [6.07, 6.45) is 6.13. The van der Waals surface area contributed by atoms with Crippen LogP contribution in [0.5, 0.6) is 0 Å². The van der Waals surface area contributed by atoms with E-state index < -0.39 is 0 Å². The Labute approximate surface area is 113 Å². The minimum Gasteiger partial charge on any atom is -0.352 e. The fraction of sp³-hybridized carbons (Fsp3) is 0.357. The molecule has 1 aromatic rings. The molecular formula is C14H19N3O2. The number of anilines is 1. The summed E-state index contributed by atoms with van der Waals surface area (Å²) in [6.45, 7) is 4.06. The molecule has 5 nitrogen and oxygen atoms in total. The van der Waals surface area contributed by atoms with E-state index in [-0.39, 0.29) is 18.2 Å². The van der Waals surface area contributed by atoms with Crippen LogP contribution in [-0.4, -0.2) is 23.3 Å². The zero-order valence-corrected chi connectivity index (χ0v) is 11.3. The molecule has 2 N–H and O–H groups in total. The predicted molar refractivity (Wildman–Crippen MR) is 74.5 cm³/mol. The summed E-state index contributed by atoms with van der Waals surface area (Å²) in [6, 6.07) is 3.43. The van der Waals surface area contributed by atoms with Crippen LogP contribution in [0.4, 0.5) is 5.69 Å². The lowest BCUT2D eigenvalue weighted by atomic mass is 10.2. The Morgan fingerprint density at radius 1 is 1.32 bits per heavy atom. The molecule has 0 bridgehead atoms. The number of amides is 2. The molecule has 0 spiro atoms. The molecule has 0 aromatic carbocycles. The molecule has 102 valence electrons. The van der Waals surface area contributed by atoms with Gasteiger partial charge in [-0.1, -0.05) is 13.0 Å². The molecule has 19 heavy (non-hydrogen) atoms. The molecule has 0 aliphatic heterocycles. The number of hydrogen-bond acceptors (Lipinski definition) is 3. The van der Waals surface area contributed by atoms with E-state index in [2.05, 4.69) is 15.6 Å². The predicted octanol–water partition coefficient (Wildman–Crippen LogP) is 1.88. The number of pyridine rings is 1. The molecule has 5 heteroatoms. The average Bonchev–Trinajstić information content (AvgIpc) is 2.40. The third-order valence-corrected chi connectivity index (χ3v) is 2.47. The van der Waals surface area contributed by atoms with E-state index in [1.807, 2.05) is 13.0 Å². The maximum Gasteiger partial charge on any atom is 0.246 e. The largest absolute Gasteiger partial charge is 0.352 e. The smallest absolute Gasteiger partial charge is 0.246 e. The first-order valence-corrected chi connectivity index (χ1v) is 6.28. The molecule has 0 saturated carbocycles. The lowest BCUT2D eigenvalue weighted by Crippen LogP contribution is -2.28. The van der Waals surface area contributed by atoms with E-state index in [4.69, 9.17) is 0 Å². The molecule has 0 aliphatic carbocycles. The van der Waals surface area contributed by atoms with Gasteiger partial charge in [0, 0.05) is 36.6 Å². The number of nitrogens with one attached hydrogen (secondary N) is 2. The van der Waals surface area contributed by atoms with Crippen molar-refractivity contribution in [3.05, 3.63) is 36.2 Å². The van der Waals surface area contributed by atoms with Crippen molar-refractivity contribution < 1.29 is 9.59 Å². The lowest BCUT2D eigenvalue weighted by molar-refractivity contribution is -0.118. The van der Waals surface area contributed by atoms with Crippen molar-refractivity contribution >= 4 is 17.5 Å². The van der Waals surface area contributed by atoms with Gasteiger partial charge in [-0.05, 0) is 25.5 Å². The first-order chi connectivity index (χ1) is 9.13. The monoisotopic (exact) mass is 261 g/mol. The maximum absolute atomic E-state index is 11.6. The highest BCUT2D eigenvalue weighted by Crippen LogP contribution is 2.03. The van der Waals surface area contributed by atoms with Crippen molar-refractivity contribution in [2.75, 3.05) is 11.9 Å². The molecule has 0 fully saturated rings. The first kappa shape index (κ1) is 14.9. The normalized spacial score (nSPS) is 10.9. The fourth-order valence-electron chi connectivity index (χ4n) is 1.49. The van der Waals surface area contributed by atoms with Crippen molar-refractivity contribution in [2.45, 2.75) is 26.7 Å². The van der Waals surface area contributed by atoms with Gasteiger partial charge in [-0.15, -0.1) is 0 Å². The van der Waals surface area contributed by atoms with Crippen LogP contribution in [0.1, 0.15) is 26.7 Å². The fourth-order valence-corrected chi connectivity index (χ4v) is 1.49. The SMILES string of the molecule is CC/C=C(/C)C(=O)NCCC(=O)Nc1ccncc1. The second kappa shape index (κ2) is 8.02. The highest BCUT2D eigenvalue weighted by atomic mass is 16.2. The Morgan fingerprint density at radius 3 is 2.63 bits per heavy atom. The van der Waals surface area contributed by atoms with E-state index in [0.29, 0.717) is 17.8 Å². The van der Waals surface area contributed by atoms with Crippen LogP contribution in [0, 0.1) is 0 Å². The lowest BCUT2D eigenvalue weighted by Gasteiger charge is -2.06. The van der Waals surface area contributed by atoms with Gasteiger partial charge in [-0.25, -0.2) is 0 Å². The van der Waals surface area contributed by atoms with Gasteiger partial charge in [0.2, 0.25) is 11.8 Å². The van der Waals surface area contributed by atoms with Crippen LogP contribution in [-0.2, 0) is 9.59 Å². The van der Waals surface area contributed by atoms with Crippen LogP contribution in [0.2, 0.25) is 0 Å². The standard InChI is InChI=1S/C14H19N3O2/c1-3-4-11(2)14(19)16-10-7-13(18)17-12-5-8-15-9-6-12/h4-6,8-9H,3,7,10H2,1-2H3,(H,16,19)(H,15,17,18)/b11-4-. The molecule has 1 aromatic heterocycles. The van der Waals surface area contributed by atoms with Crippen LogP contribution >= 0.6 is 0 Å². The van der Waals surface area contributed by atoms with Crippen molar-refractivity contribution in [2.24, 2.45) is 0 Å². The summed E-state index contributed by atoms with van der Waals surface area (Å²) in [5, 5.41) is 5.43. The molecule has 0 atom stereocenters. The average molecular weight is 261 g/mol. The molecule has 0 radical (unpaired) electrons. The highest BCUT2D eigenvalue weighted by molar-refractivity contribution is 5.94. The van der Waals surface area contributed by atoms with Crippen LogP contribution in [0.25, 0.3) is 0 Å². The van der Waals surface area contributed by atoms with Crippen LogP contribution in [0.15, 0.2) is 36.2 Å². The molecule has 1 rings (SSSR count). The second-order valence-electron chi connectivity index (χ2n) is 4.09. The van der Waals surface area contributed by atoms with Gasteiger partial charge in [-0.2, -0.15) is 0 Å². The molecular weight excluding hydrogens is 242 g/mol. The molecule has 2 amide bonds. The number of rotatable bonds is 6. The van der Waals surface area contributed by atoms with Crippen molar-refractivity contribution in [3.8, 4) is 0 Å². The van der Waals surface area contributed by atoms with Gasteiger partial charge in [-0.3, -0.25) is 14.6 Å². The van der Waals surface area contributed by atoms with Gasteiger partial charge >= 0.3 is 0 Å². The van der Waals surface area contributed by atoms with E-state index in [1.54, 1.807) is 31.5 Å². The number of aromatic nitrogens is 1.